The molecule has 0 spiro atoms. The van der Waals surface area contributed by atoms with E-state index in [0.29, 0.717) is 5.92 Å². The molecule has 0 amide bonds. The summed E-state index contributed by atoms with van der Waals surface area (Å²) in [6, 6.07) is 7.32. The minimum Gasteiger partial charge on any atom is -0.368 e. The van der Waals surface area contributed by atoms with Crippen molar-refractivity contribution in [2.45, 2.75) is 37.5 Å². The van der Waals surface area contributed by atoms with E-state index >= 15 is 0 Å². The second-order valence-corrected chi connectivity index (χ2v) is 7.93. The van der Waals surface area contributed by atoms with Crippen molar-refractivity contribution < 1.29 is 14.2 Å². The Bertz CT molecular complexity index is 784. The molecule has 2 aromatic rings. The number of hydrogen-bond donors (Lipinski definition) is 2. The molecule has 6 heteroatoms. The number of nitrogens with one attached hydrogen (secondary N) is 1. The Morgan fingerprint density at radius 3 is 2.92 bits per heavy atom. The van der Waals surface area contributed by atoms with Crippen LogP contribution in [0, 0.1) is 15.3 Å². The molecule has 2 aliphatic rings. The fraction of sp³-hybridized carbons (Fsp3) is 0.421. The molecule has 1 aromatic carbocycles. The van der Waals surface area contributed by atoms with Gasteiger partial charge in [-0.1, -0.05) is 6.07 Å². The normalized spacial score (nSPS) is 25.5. The van der Waals surface area contributed by atoms with E-state index in [1.165, 1.54) is 7.11 Å². The van der Waals surface area contributed by atoms with Gasteiger partial charge in [0.05, 0.1) is 6.04 Å². The maximum atomic E-state index is 14.3. The van der Waals surface area contributed by atoms with Gasteiger partial charge in [-0.2, -0.15) is 0 Å². The summed E-state index contributed by atoms with van der Waals surface area (Å²) in [6.07, 6.45) is 3.82. The van der Waals surface area contributed by atoms with Gasteiger partial charge in [0, 0.05) is 28.4 Å². The standard InChI is InChI=1S/C19H20FIN2O2/c1-25-19(24)13-8-12(13)10-2-7-17(22-9-10)23-16-6-3-11-15(21)5-4-14(20)18(11)16/h2,4-5,7,9,12-13,16,19,24H,3,6,8H2,1H3,(H,22,23)/t12-,13+,16-,19?/m1/s1. The lowest BCUT2D eigenvalue weighted by Gasteiger charge is -2.16. The van der Waals surface area contributed by atoms with E-state index in [4.69, 9.17) is 4.74 Å². The van der Waals surface area contributed by atoms with E-state index < -0.39 is 6.29 Å². The first kappa shape index (κ1) is 17.2. The third-order valence-corrected chi connectivity index (χ3v) is 6.27. The minimum atomic E-state index is -0.705. The molecule has 0 bridgehead atoms. The number of aliphatic hydroxyl groups is 1. The topological polar surface area (TPSA) is 54.4 Å². The number of ether oxygens (including phenoxy) is 1. The zero-order valence-corrected chi connectivity index (χ0v) is 16.0. The molecule has 1 heterocycles. The Kier molecular flexibility index (Phi) is 4.68. The highest BCUT2D eigenvalue weighted by Crippen LogP contribution is 2.49. The van der Waals surface area contributed by atoms with Gasteiger partial charge >= 0.3 is 0 Å². The zero-order valence-electron chi connectivity index (χ0n) is 13.9. The van der Waals surface area contributed by atoms with Gasteiger partial charge in [0.1, 0.15) is 11.6 Å². The van der Waals surface area contributed by atoms with Crippen LogP contribution < -0.4 is 5.32 Å². The predicted molar refractivity (Wildman–Crippen MR) is 102 cm³/mol. The number of pyridine rings is 1. The molecule has 25 heavy (non-hydrogen) atoms. The lowest BCUT2D eigenvalue weighted by atomic mass is 10.1. The summed E-state index contributed by atoms with van der Waals surface area (Å²) in [7, 11) is 1.52. The van der Waals surface area contributed by atoms with E-state index in [9.17, 15) is 9.50 Å². The van der Waals surface area contributed by atoms with Crippen LogP contribution in [0.25, 0.3) is 0 Å². The molecule has 4 atom stereocenters. The summed E-state index contributed by atoms with van der Waals surface area (Å²) in [5.74, 6) is 1.08. The van der Waals surface area contributed by atoms with Gasteiger partial charge in [-0.25, -0.2) is 9.37 Å². The second-order valence-electron chi connectivity index (χ2n) is 6.77. The molecule has 1 aromatic heterocycles. The molecule has 0 aliphatic heterocycles. The zero-order chi connectivity index (χ0) is 17.6. The van der Waals surface area contributed by atoms with E-state index in [1.54, 1.807) is 6.07 Å². The Morgan fingerprint density at radius 1 is 1.36 bits per heavy atom. The largest absolute Gasteiger partial charge is 0.368 e. The van der Waals surface area contributed by atoms with Crippen LogP contribution in [0.2, 0.25) is 0 Å². The summed E-state index contributed by atoms with van der Waals surface area (Å²) in [5, 5.41) is 13.1. The van der Waals surface area contributed by atoms with Crippen molar-refractivity contribution in [2.24, 2.45) is 5.92 Å². The number of aliphatic hydroxyl groups excluding tert-OH is 1. The number of aromatic nitrogens is 1. The molecular formula is C19H20FIN2O2. The first-order valence-corrected chi connectivity index (χ1v) is 9.56. The fourth-order valence-corrected chi connectivity index (χ4v) is 4.53. The van der Waals surface area contributed by atoms with Crippen molar-refractivity contribution in [2.75, 3.05) is 12.4 Å². The molecule has 4 nitrogen and oxygen atoms in total. The summed E-state index contributed by atoms with van der Waals surface area (Å²) in [6.45, 7) is 0. The van der Waals surface area contributed by atoms with Crippen molar-refractivity contribution in [3.63, 3.8) is 0 Å². The van der Waals surface area contributed by atoms with E-state index in [0.717, 1.165) is 45.3 Å². The van der Waals surface area contributed by atoms with Crippen molar-refractivity contribution in [1.82, 2.24) is 4.98 Å². The van der Waals surface area contributed by atoms with Gasteiger partial charge in [-0.15, -0.1) is 0 Å². The Labute approximate surface area is 160 Å². The van der Waals surface area contributed by atoms with Gasteiger partial charge in [0.2, 0.25) is 0 Å². The van der Waals surface area contributed by atoms with Gasteiger partial charge in [-0.3, -0.25) is 0 Å². The van der Waals surface area contributed by atoms with Crippen molar-refractivity contribution in [3.8, 4) is 0 Å². The number of methoxy groups -OCH3 is 1. The first-order valence-electron chi connectivity index (χ1n) is 8.48. The smallest absolute Gasteiger partial charge is 0.157 e. The molecule has 2 aliphatic carbocycles. The maximum absolute atomic E-state index is 14.3. The molecule has 0 radical (unpaired) electrons. The van der Waals surface area contributed by atoms with Gasteiger partial charge in [0.15, 0.2) is 6.29 Å². The van der Waals surface area contributed by atoms with Gasteiger partial charge in [-0.05, 0) is 77.1 Å². The van der Waals surface area contributed by atoms with E-state index in [-0.39, 0.29) is 17.8 Å². The van der Waals surface area contributed by atoms with Crippen LogP contribution in [0.15, 0.2) is 30.5 Å². The number of fused-ring (bicyclic) bond motifs is 1. The molecule has 1 saturated carbocycles. The van der Waals surface area contributed by atoms with Crippen LogP contribution in [-0.2, 0) is 11.2 Å². The van der Waals surface area contributed by atoms with Gasteiger partial charge < -0.3 is 15.2 Å². The fourth-order valence-electron chi connectivity index (χ4n) is 3.79. The average molecular weight is 454 g/mol. The predicted octanol–water partition coefficient (Wildman–Crippen LogP) is 3.99. The summed E-state index contributed by atoms with van der Waals surface area (Å²) in [4.78, 5) is 4.49. The minimum absolute atomic E-state index is 0.0351. The lowest BCUT2D eigenvalue weighted by molar-refractivity contribution is -0.0895. The van der Waals surface area contributed by atoms with Crippen molar-refractivity contribution >= 4 is 28.4 Å². The molecule has 0 saturated heterocycles. The van der Waals surface area contributed by atoms with Crippen LogP contribution in [-0.4, -0.2) is 23.5 Å². The first-order chi connectivity index (χ1) is 12.1. The molecular weight excluding hydrogens is 434 g/mol. The van der Waals surface area contributed by atoms with Crippen LogP contribution in [0.3, 0.4) is 0 Å². The number of rotatable bonds is 5. The van der Waals surface area contributed by atoms with Crippen LogP contribution >= 0.6 is 22.6 Å². The summed E-state index contributed by atoms with van der Waals surface area (Å²) in [5.41, 5.74) is 3.01. The highest BCUT2D eigenvalue weighted by Gasteiger charge is 2.43. The van der Waals surface area contributed by atoms with E-state index in [1.807, 2.05) is 24.4 Å². The Hall–Kier alpha value is -1.25. The van der Waals surface area contributed by atoms with E-state index in [2.05, 4.69) is 32.9 Å². The Morgan fingerprint density at radius 2 is 2.20 bits per heavy atom. The third kappa shape index (κ3) is 3.27. The van der Waals surface area contributed by atoms with Crippen LogP contribution in [0.1, 0.15) is 41.5 Å². The number of hydrogen-bond acceptors (Lipinski definition) is 4. The molecule has 1 unspecified atom stereocenters. The third-order valence-electron chi connectivity index (χ3n) is 5.26. The Balaban J connectivity index is 1.47. The maximum Gasteiger partial charge on any atom is 0.157 e. The highest BCUT2D eigenvalue weighted by molar-refractivity contribution is 14.1. The van der Waals surface area contributed by atoms with Crippen LogP contribution in [0.5, 0.6) is 0 Å². The van der Waals surface area contributed by atoms with Crippen molar-refractivity contribution in [1.29, 1.82) is 0 Å². The molecule has 1 fully saturated rings. The average Bonchev–Trinajstić information content (AvgIpc) is 3.31. The van der Waals surface area contributed by atoms with Crippen LogP contribution in [0.4, 0.5) is 10.2 Å². The highest BCUT2D eigenvalue weighted by atomic mass is 127. The van der Waals surface area contributed by atoms with Crippen molar-refractivity contribution in [3.05, 3.63) is 56.5 Å². The number of nitrogens with zero attached hydrogens (tertiary/aromatic N) is 1. The lowest BCUT2D eigenvalue weighted by Crippen LogP contribution is -2.12. The molecule has 2 N–H and O–H groups in total. The number of anilines is 1. The monoisotopic (exact) mass is 454 g/mol. The number of benzene rings is 1. The molecule has 4 rings (SSSR count). The second kappa shape index (κ2) is 6.81. The molecule has 132 valence electrons. The number of halogens is 2. The summed E-state index contributed by atoms with van der Waals surface area (Å²) < 4.78 is 20.4. The summed E-state index contributed by atoms with van der Waals surface area (Å²) >= 11 is 2.27. The van der Waals surface area contributed by atoms with Gasteiger partial charge in [0.25, 0.3) is 0 Å². The SMILES string of the molecule is COC(O)[C@H]1C[C@@H]1c1ccc(N[C@@H]2CCc3c(I)ccc(F)c32)nc1. The quantitative estimate of drug-likeness (QED) is 0.530.